The lowest BCUT2D eigenvalue weighted by Gasteiger charge is -2.46. The van der Waals surface area contributed by atoms with E-state index in [2.05, 4.69) is 11.8 Å². The van der Waals surface area contributed by atoms with Gasteiger partial charge in [0.05, 0.1) is 30.8 Å². The smallest absolute Gasteiger partial charge is 0.343 e. The van der Waals surface area contributed by atoms with Crippen LogP contribution in [0.5, 0.6) is 0 Å². The largest absolute Gasteiger partial charge is 0.492 e. The molecule has 0 radical (unpaired) electrons. The molecule has 4 fully saturated rings. The summed E-state index contributed by atoms with van der Waals surface area (Å²) in [5.41, 5.74) is 0.466. The Morgan fingerprint density at radius 2 is 2.17 bits per heavy atom. The summed E-state index contributed by atoms with van der Waals surface area (Å²) in [6.07, 6.45) is 4.22. The third-order valence-electron chi connectivity index (χ3n) is 7.68. The van der Waals surface area contributed by atoms with Crippen molar-refractivity contribution in [3.63, 3.8) is 0 Å². The number of aliphatic hydroxyl groups is 1. The zero-order chi connectivity index (χ0) is 20.5. The Balaban J connectivity index is 1.55. The number of methoxy groups -OCH3 is 1. The molecule has 0 aromatic heterocycles. The van der Waals surface area contributed by atoms with Crippen LogP contribution in [0.15, 0.2) is 22.9 Å². The molecular weight excluding hydrogens is 374 g/mol. The second kappa shape index (κ2) is 6.72. The van der Waals surface area contributed by atoms with E-state index < -0.39 is 5.79 Å². The molecule has 2 bridgehead atoms. The number of rotatable bonds is 3. The highest BCUT2D eigenvalue weighted by molar-refractivity contribution is 5.93. The van der Waals surface area contributed by atoms with Gasteiger partial charge in [-0.2, -0.15) is 0 Å². The summed E-state index contributed by atoms with van der Waals surface area (Å²) in [5, 5.41) is 10.7. The Hall–Kier alpha value is -1.57. The first-order valence-electron chi connectivity index (χ1n) is 10.9. The third kappa shape index (κ3) is 2.56. The normalized spacial score (nSPS) is 45.0. The van der Waals surface area contributed by atoms with E-state index in [1.54, 1.807) is 14.0 Å². The molecule has 5 heterocycles. The molecule has 29 heavy (non-hydrogen) atoms. The molecule has 0 aromatic rings. The number of hydrogen-bond donors (Lipinski definition) is 1. The first-order chi connectivity index (χ1) is 13.9. The van der Waals surface area contributed by atoms with Gasteiger partial charge in [0.25, 0.3) is 0 Å². The van der Waals surface area contributed by atoms with Crippen molar-refractivity contribution in [3.8, 4) is 0 Å². The first kappa shape index (κ1) is 19.4. The molecule has 0 amide bonds. The molecule has 7 heteroatoms. The fourth-order valence-corrected chi connectivity index (χ4v) is 6.40. The molecular formula is C22H31NO6. The fraction of sp³-hybridized carbons (Fsp3) is 0.773. The number of carbonyl (C=O) groups is 1. The first-order valence-corrected chi connectivity index (χ1v) is 10.9. The highest BCUT2D eigenvalue weighted by Gasteiger charge is 2.68. The predicted octanol–water partition coefficient (Wildman–Crippen LogP) is 2.45. The van der Waals surface area contributed by atoms with Gasteiger partial charge in [0.1, 0.15) is 5.76 Å². The number of allylic oxidation sites excluding steroid dienone is 1. The van der Waals surface area contributed by atoms with E-state index in [0.717, 1.165) is 38.6 Å². The average Bonchev–Trinajstić information content (AvgIpc) is 3.23. The van der Waals surface area contributed by atoms with E-state index in [9.17, 15) is 9.90 Å². The van der Waals surface area contributed by atoms with E-state index in [-0.39, 0.29) is 42.1 Å². The van der Waals surface area contributed by atoms with E-state index >= 15 is 0 Å². The van der Waals surface area contributed by atoms with Crippen LogP contribution in [0.1, 0.15) is 52.9 Å². The van der Waals surface area contributed by atoms with E-state index in [1.165, 1.54) is 0 Å². The fourth-order valence-electron chi connectivity index (χ4n) is 6.40. The van der Waals surface area contributed by atoms with E-state index in [1.807, 2.05) is 6.92 Å². The molecule has 160 valence electrons. The Morgan fingerprint density at radius 3 is 2.90 bits per heavy atom. The van der Waals surface area contributed by atoms with Crippen LogP contribution in [0, 0.1) is 11.8 Å². The average molecular weight is 405 g/mol. The molecule has 0 aromatic carbocycles. The summed E-state index contributed by atoms with van der Waals surface area (Å²) >= 11 is 0. The van der Waals surface area contributed by atoms with Crippen molar-refractivity contribution in [2.75, 3.05) is 13.7 Å². The lowest BCUT2D eigenvalue weighted by molar-refractivity contribution is -0.213. The molecule has 7 nitrogen and oxygen atoms in total. The maximum absolute atomic E-state index is 12.1. The van der Waals surface area contributed by atoms with Crippen molar-refractivity contribution in [1.29, 1.82) is 0 Å². The van der Waals surface area contributed by atoms with Crippen LogP contribution in [0.3, 0.4) is 0 Å². The van der Waals surface area contributed by atoms with Crippen molar-refractivity contribution in [3.05, 3.63) is 22.9 Å². The molecule has 5 rings (SSSR count). The maximum Gasteiger partial charge on any atom is 0.343 e. The Labute approximate surface area is 171 Å². The lowest BCUT2D eigenvalue weighted by atomic mass is 9.77. The molecule has 0 aliphatic carbocycles. The van der Waals surface area contributed by atoms with Crippen LogP contribution >= 0.6 is 0 Å². The van der Waals surface area contributed by atoms with Gasteiger partial charge in [-0.3, -0.25) is 4.90 Å². The number of nitrogens with zero attached hydrogens (tertiary/aromatic N) is 1. The second-order valence-electron chi connectivity index (χ2n) is 9.08. The minimum atomic E-state index is -0.681. The van der Waals surface area contributed by atoms with Crippen LogP contribution in [-0.2, 0) is 23.7 Å². The number of carbonyl (C=O) groups excluding carboxylic acids is 1. The molecule has 0 unspecified atom stereocenters. The zero-order valence-corrected chi connectivity index (χ0v) is 17.6. The minimum Gasteiger partial charge on any atom is -0.492 e. The maximum atomic E-state index is 12.1. The molecule has 5 aliphatic rings. The Bertz CT molecular complexity index is 790. The van der Waals surface area contributed by atoms with Gasteiger partial charge in [0.2, 0.25) is 11.5 Å². The highest BCUT2D eigenvalue weighted by atomic mass is 16.7. The summed E-state index contributed by atoms with van der Waals surface area (Å²) in [4.78, 5) is 14.6. The van der Waals surface area contributed by atoms with E-state index in [4.69, 9.17) is 18.9 Å². The highest BCUT2D eigenvalue weighted by Crippen LogP contribution is 2.59. The van der Waals surface area contributed by atoms with Crippen molar-refractivity contribution in [1.82, 2.24) is 4.90 Å². The number of cyclic esters (lactones) is 1. The predicted molar refractivity (Wildman–Crippen MR) is 103 cm³/mol. The number of piperidine rings is 1. The molecule has 1 N–H and O–H groups in total. The summed E-state index contributed by atoms with van der Waals surface area (Å²) in [6.45, 7) is 6.85. The Morgan fingerprint density at radius 1 is 1.38 bits per heavy atom. The monoisotopic (exact) mass is 405 g/mol. The van der Waals surface area contributed by atoms with Gasteiger partial charge in [0.15, 0.2) is 5.76 Å². The molecule has 4 saturated heterocycles. The van der Waals surface area contributed by atoms with Gasteiger partial charge < -0.3 is 24.1 Å². The number of hydrogen-bond acceptors (Lipinski definition) is 7. The standard InChI is InChI=1S/C22H31NO6/c1-5-14(24)13-7-8-15-17-16-11(2)19(20-18(26-4)12(3)21(25)27-20)29-22(16,28-15)9-6-10-23(13)17/h11,13-17,24H,5-10H2,1-4H3/t11-,13-,14-,15+,16+,17-,22+/m0/s1. The van der Waals surface area contributed by atoms with Gasteiger partial charge in [-0.1, -0.05) is 13.8 Å². The lowest BCUT2D eigenvalue weighted by Crippen LogP contribution is -2.58. The van der Waals surface area contributed by atoms with Gasteiger partial charge in [-0.25, -0.2) is 4.79 Å². The molecule has 5 aliphatic heterocycles. The molecule has 0 saturated carbocycles. The van der Waals surface area contributed by atoms with Gasteiger partial charge in [-0.05, 0) is 39.2 Å². The molecule has 0 spiro atoms. The quantitative estimate of drug-likeness (QED) is 0.723. The van der Waals surface area contributed by atoms with Gasteiger partial charge >= 0.3 is 5.97 Å². The van der Waals surface area contributed by atoms with Crippen molar-refractivity contribution in [2.24, 2.45) is 11.8 Å². The SMILES string of the molecule is CC[C@H](O)[C@@H]1CC[C@H]2O[C@@]34CCCN1[C@@H]2[C@H]3[C@H](C)C(=C1OC(=O)C(C)=C1OC)O4. The molecule has 7 atom stereocenters. The summed E-state index contributed by atoms with van der Waals surface area (Å²) in [6, 6.07) is 0.377. The summed E-state index contributed by atoms with van der Waals surface area (Å²) in [5.74, 6) is 0.631. The van der Waals surface area contributed by atoms with Crippen molar-refractivity contribution in [2.45, 2.75) is 83.0 Å². The third-order valence-corrected chi connectivity index (χ3v) is 7.68. The van der Waals surface area contributed by atoms with E-state index in [0.29, 0.717) is 22.9 Å². The Kier molecular flexibility index (Phi) is 4.50. The van der Waals surface area contributed by atoms with Crippen LogP contribution in [0.25, 0.3) is 0 Å². The second-order valence-corrected chi connectivity index (χ2v) is 9.08. The van der Waals surface area contributed by atoms with Crippen LogP contribution in [0.2, 0.25) is 0 Å². The summed E-state index contributed by atoms with van der Waals surface area (Å²) < 4.78 is 24.2. The zero-order valence-electron chi connectivity index (χ0n) is 17.6. The number of ether oxygens (including phenoxy) is 4. The van der Waals surface area contributed by atoms with Gasteiger partial charge in [-0.15, -0.1) is 0 Å². The van der Waals surface area contributed by atoms with Crippen LogP contribution < -0.4 is 0 Å². The number of esters is 1. The van der Waals surface area contributed by atoms with Gasteiger partial charge in [0, 0.05) is 24.4 Å². The van der Waals surface area contributed by atoms with Crippen LogP contribution in [-0.4, -0.2) is 59.7 Å². The minimum absolute atomic E-state index is 0.0296. The van der Waals surface area contributed by atoms with Crippen LogP contribution in [0.4, 0.5) is 0 Å². The number of aliphatic hydroxyl groups excluding tert-OH is 1. The van der Waals surface area contributed by atoms with Crippen molar-refractivity contribution < 1.29 is 28.8 Å². The summed E-state index contributed by atoms with van der Waals surface area (Å²) in [7, 11) is 1.55. The topological polar surface area (TPSA) is 77.5 Å². The van der Waals surface area contributed by atoms with Crippen molar-refractivity contribution >= 4 is 5.97 Å².